The number of carbonyl (C=O) groups excluding carboxylic acids is 2. The molecule has 3 heterocycles. The van der Waals surface area contributed by atoms with Crippen molar-refractivity contribution in [2.75, 3.05) is 41.7 Å². The number of hydrogen-bond donors (Lipinski definition) is 2. The van der Waals surface area contributed by atoms with Crippen LogP contribution < -0.4 is 15.5 Å². The Morgan fingerprint density at radius 3 is 2.07 bits per heavy atom. The lowest BCUT2D eigenvalue weighted by Gasteiger charge is -2.36. The van der Waals surface area contributed by atoms with Gasteiger partial charge in [0, 0.05) is 43.2 Å². The first-order valence-corrected chi connectivity index (χ1v) is 14.7. The lowest BCUT2D eigenvalue weighted by atomic mass is 9.92. The number of hydrogen-bond acceptors (Lipinski definition) is 5. The summed E-state index contributed by atoms with van der Waals surface area (Å²) in [6.07, 6.45) is 0. The standard InChI is InChI=1S/C34H41N7O2/c1-22-11-13-26(14-12-22)41-30(21-28(38-41)34(5,6)7)37-33(43)36-27-15-16-29(35-25(27)4)39-17-19-40(20-18-39)32(42)31-23(2)9-8-10-24(31)3/h8-16,21H,17-20H2,1-7H3,(H2,36,37,43). The van der Waals surface area contributed by atoms with Crippen LogP contribution in [-0.2, 0) is 5.41 Å². The molecule has 0 unspecified atom stereocenters. The average Bonchev–Trinajstić information content (AvgIpc) is 3.39. The molecule has 5 rings (SSSR count). The number of carbonyl (C=O) groups is 2. The molecule has 1 saturated heterocycles. The zero-order valence-electron chi connectivity index (χ0n) is 26.2. The van der Waals surface area contributed by atoms with Gasteiger partial charge in [0.15, 0.2) is 0 Å². The number of pyridine rings is 1. The second-order valence-corrected chi connectivity index (χ2v) is 12.3. The van der Waals surface area contributed by atoms with Gasteiger partial charge in [0.2, 0.25) is 0 Å². The van der Waals surface area contributed by atoms with Crippen molar-refractivity contribution < 1.29 is 9.59 Å². The maximum atomic E-state index is 13.2. The van der Waals surface area contributed by atoms with Gasteiger partial charge in [-0.15, -0.1) is 0 Å². The largest absolute Gasteiger partial charge is 0.353 e. The number of nitrogens with zero attached hydrogens (tertiary/aromatic N) is 5. The zero-order chi connectivity index (χ0) is 30.9. The van der Waals surface area contributed by atoms with Gasteiger partial charge in [0.05, 0.1) is 22.8 Å². The van der Waals surface area contributed by atoms with Crippen LogP contribution in [0.15, 0.2) is 60.7 Å². The molecule has 43 heavy (non-hydrogen) atoms. The van der Waals surface area contributed by atoms with Gasteiger partial charge >= 0.3 is 6.03 Å². The van der Waals surface area contributed by atoms with Gasteiger partial charge in [-0.1, -0.05) is 56.7 Å². The molecular weight excluding hydrogens is 538 g/mol. The third-order valence-electron chi connectivity index (χ3n) is 7.90. The Labute approximate surface area is 253 Å². The Kier molecular flexibility index (Phi) is 8.26. The third-order valence-corrected chi connectivity index (χ3v) is 7.90. The van der Waals surface area contributed by atoms with E-state index < -0.39 is 0 Å². The van der Waals surface area contributed by atoms with Crippen LogP contribution in [-0.4, -0.2) is 57.8 Å². The number of anilines is 3. The predicted octanol–water partition coefficient (Wildman–Crippen LogP) is 6.40. The molecule has 1 aliphatic rings. The van der Waals surface area contributed by atoms with E-state index in [1.807, 2.05) is 93.3 Å². The van der Waals surface area contributed by atoms with E-state index in [0.717, 1.165) is 39.5 Å². The van der Waals surface area contributed by atoms with E-state index in [9.17, 15) is 9.59 Å². The molecule has 2 aromatic heterocycles. The topological polar surface area (TPSA) is 95.4 Å². The molecule has 0 aliphatic carbocycles. The zero-order valence-corrected chi connectivity index (χ0v) is 26.2. The van der Waals surface area contributed by atoms with Gasteiger partial charge < -0.3 is 15.1 Å². The molecule has 3 amide bonds. The maximum Gasteiger partial charge on any atom is 0.324 e. The minimum Gasteiger partial charge on any atom is -0.353 e. The first-order valence-electron chi connectivity index (χ1n) is 14.7. The fraction of sp³-hybridized carbons (Fsp3) is 0.353. The van der Waals surface area contributed by atoms with Crippen LogP contribution in [0.2, 0.25) is 0 Å². The van der Waals surface area contributed by atoms with Crippen LogP contribution in [0.5, 0.6) is 0 Å². The van der Waals surface area contributed by atoms with Crippen LogP contribution in [0.25, 0.3) is 5.69 Å². The Balaban J connectivity index is 1.24. The minimum absolute atomic E-state index is 0.0864. The SMILES string of the molecule is Cc1ccc(-n2nc(C(C)(C)C)cc2NC(=O)Nc2ccc(N3CCN(C(=O)c4c(C)cccc4C)CC3)nc2C)cc1. The summed E-state index contributed by atoms with van der Waals surface area (Å²) in [5, 5.41) is 10.7. The van der Waals surface area contributed by atoms with E-state index in [0.29, 0.717) is 43.4 Å². The summed E-state index contributed by atoms with van der Waals surface area (Å²) in [5.74, 6) is 1.50. The molecule has 224 valence electrons. The molecule has 9 nitrogen and oxygen atoms in total. The van der Waals surface area contributed by atoms with Crippen molar-refractivity contribution in [2.24, 2.45) is 0 Å². The highest BCUT2D eigenvalue weighted by atomic mass is 16.2. The number of urea groups is 1. The molecule has 4 aromatic rings. The monoisotopic (exact) mass is 579 g/mol. The molecule has 1 aliphatic heterocycles. The molecule has 0 atom stereocenters. The van der Waals surface area contributed by atoms with E-state index in [1.54, 1.807) is 4.68 Å². The number of benzene rings is 2. The van der Waals surface area contributed by atoms with Crippen LogP contribution in [0.1, 0.15) is 59.2 Å². The molecule has 0 saturated carbocycles. The quantitative estimate of drug-likeness (QED) is 0.285. The van der Waals surface area contributed by atoms with E-state index in [1.165, 1.54) is 0 Å². The fourth-order valence-corrected chi connectivity index (χ4v) is 5.29. The highest BCUT2D eigenvalue weighted by Gasteiger charge is 2.25. The van der Waals surface area contributed by atoms with Gasteiger partial charge in [0.1, 0.15) is 11.6 Å². The van der Waals surface area contributed by atoms with Gasteiger partial charge in [-0.25, -0.2) is 14.5 Å². The van der Waals surface area contributed by atoms with Gasteiger partial charge in [0.25, 0.3) is 5.91 Å². The molecule has 1 fully saturated rings. The molecule has 0 radical (unpaired) electrons. The third kappa shape index (κ3) is 6.56. The van der Waals surface area contributed by atoms with Crippen molar-refractivity contribution in [3.63, 3.8) is 0 Å². The second kappa shape index (κ2) is 11.9. The maximum absolute atomic E-state index is 13.2. The van der Waals surface area contributed by atoms with Crippen molar-refractivity contribution in [3.8, 4) is 5.69 Å². The number of piperazine rings is 1. The number of nitrogens with one attached hydrogen (secondary N) is 2. The summed E-state index contributed by atoms with van der Waals surface area (Å²) < 4.78 is 1.76. The summed E-state index contributed by atoms with van der Waals surface area (Å²) in [4.78, 5) is 35.3. The highest BCUT2D eigenvalue weighted by molar-refractivity contribution is 6.00. The van der Waals surface area contributed by atoms with Gasteiger partial charge in [-0.05, 0) is 63.1 Å². The Hall–Kier alpha value is -4.66. The smallest absolute Gasteiger partial charge is 0.324 e. The van der Waals surface area contributed by atoms with Gasteiger partial charge in [-0.2, -0.15) is 5.10 Å². The predicted molar refractivity (Wildman–Crippen MR) is 173 cm³/mol. The number of aromatic nitrogens is 3. The number of amides is 3. The first-order chi connectivity index (χ1) is 20.4. The molecule has 2 aromatic carbocycles. The molecule has 0 spiro atoms. The van der Waals surface area contributed by atoms with E-state index in [2.05, 4.69) is 36.3 Å². The first kappa shape index (κ1) is 29.8. The Bertz CT molecular complexity index is 1620. The summed E-state index contributed by atoms with van der Waals surface area (Å²) in [6.45, 7) is 16.8. The lowest BCUT2D eigenvalue weighted by molar-refractivity contribution is 0.0745. The van der Waals surface area contributed by atoms with E-state index in [-0.39, 0.29) is 17.4 Å². The van der Waals surface area contributed by atoms with Crippen LogP contribution in [0.4, 0.5) is 22.1 Å². The van der Waals surface area contributed by atoms with Crippen molar-refractivity contribution in [3.05, 3.63) is 94.3 Å². The van der Waals surface area contributed by atoms with E-state index in [4.69, 9.17) is 10.1 Å². The molecule has 0 bridgehead atoms. The van der Waals surface area contributed by atoms with Crippen LogP contribution in [0.3, 0.4) is 0 Å². The molecular formula is C34H41N7O2. The Morgan fingerprint density at radius 2 is 1.47 bits per heavy atom. The average molecular weight is 580 g/mol. The summed E-state index contributed by atoms with van der Waals surface area (Å²) in [5.41, 5.74) is 6.87. The minimum atomic E-state index is -0.370. The molecule has 2 N–H and O–H groups in total. The Morgan fingerprint density at radius 1 is 0.814 bits per heavy atom. The molecule has 9 heteroatoms. The van der Waals surface area contributed by atoms with Crippen LogP contribution in [0, 0.1) is 27.7 Å². The number of aryl methyl sites for hydroxylation is 4. The van der Waals surface area contributed by atoms with Crippen molar-refractivity contribution in [2.45, 2.75) is 53.9 Å². The fourth-order valence-electron chi connectivity index (χ4n) is 5.29. The van der Waals surface area contributed by atoms with Crippen LogP contribution >= 0.6 is 0 Å². The second-order valence-electron chi connectivity index (χ2n) is 12.3. The highest BCUT2D eigenvalue weighted by Crippen LogP contribution is 2.27. The summed E-state index contributed by atoms with van der Waals surface area (Å²) >= 11 is 0. The van der Waals surface area contributed by atoms with Crippen molar-refractivity contribution in [1.82, 2.24) is 19.7 Å². The summed E-state index contributed by atoms with van der Waals surface area (Å²) in [6, 6.07) is 19.3. The van der Waals surface area contributed by atoms with Crippen molar-refractivity contribution in [1.29, 1.82) is 0 Å². The summed E-state index contributed by atoms with van der Waals surface area (Å²) in [7, 11) is 0. The van der Waals surface area contributed by atoms with Gasteiger partial charge in [-0.3, -0.25) is 10.1 Å². The normalized spacial score (nSPS) is 13.7. The van der Waals surface area contributed by atoms with E-state index >= 15 is 0 Å². The number of rotatable bonds is 5. The lowest BCUT2D eigenvalue weighted by Crippen LogP contribution is -2.49. The van der Waals surface area contributed by atoms with Crippen molar-refractivity contribution >= 4 is 29.3 Å².